The van der Waals surface area contributed by atoms with E-state index in [0.717, 1.165) is 37.4 Å². The Morgan fingerprint density at radius 1 is 1.17 bits per heavy atom. The molecule has 18 heavy (non-hydrogen) atoms. The number of aromatic nitrogens is 2. The second-order valence-corrected chi connectivity index (χ2v) is 5.60. The van der Waals surface area contributed by atoms with Crippen LogP contribution < -0.4 is 4.74 Å². The van der Waals surface area contributed by atoms with Gasteiger partial charge in [-0.25, -0.2) is 9.97 Å². The van der Waals surface area contributed by atoms with Crippen molar-refractivity contribution < 1.29 is 4.74 Å². The standard InChI is InChI=1S/C14H21N3O/c1-11-8-15-14(16-9-11)18-13-4-6-17(7-5-13)10-12-2-3-12/h8-9,12-13H,2-7,10H2,1H3. The summed E-state index contributed by atoms with van der Waals surface area (Å²) >= 11 is 0. The molecule has 4 nitrogen and oxygen atoms in total. The minimum Gasteiger partial charge on any atom is -0.460 e. The molecule has 4 heteroatoms. The average Bonchev–Trinajstić information content (AvgIpc) is 3.19. The molecule has 0 radical (unpaired) electrons. The fourth-order valence-corrected chi connectivity index (χ4v) is 2.47. The highest BCUT2D eigenvalue weighted by Gasteiger charge is 2.27. The summed E-state index contributed by atoms with van der Waals surface area (Å²) in [6.45, 7) is 5.61. The van der Waals surface area contributed by atoms with Crippen LogP contribution in [0, 0.1) is 12.8 Å². The molecule has 1 saturated heterocycles. The van der Waals surface area contributed by atoms with Crippen molar-refractivity contribution in [3.63, 3.8) is 0 Å². The lowest BCUT2D eigenvalue weighted by molar-refractivity contribution is 0.0904. The third kappa shape index (κ3) is 3.19. The predicted molar refractivity (Wildman–Crippen MR) is 69.6 cm³/mol. The van der Waals surface area contributed by atoms with E-state index in [0.29, 0.717) is 12.1 Å². The first-order valence-electron chi connectivity index (χ1n) is 6.97. The number of aryl methyl sites for hydroxylation is 1. The number of ether oxygens (including phenoxy) is 1. The third-order valence-corrected chi connectivity index (χ3v) is 3.78. The maximum atomic E-state index is 5.83. The van der Waals surface area contributed by atoms with E-state index in [4.69, 9.17) is 4.74 Å². The van der Waals surface area contributed by atoms with Gasteiger partial charge in [0.15, 0.2) is 0 Å². The third-order valence-electron chi connectivity index (χ3n) is 3.78. The monoisotopic (exact) mass is 247 g/mol. The van der Waals surface area contributed by atoms with E-state index in [2.05, 4.69) is 14.9 Å². The van der Waals surface area contributed by atoms with Crippen molar-refractivity contribution in [2.75, 3.05) is 19.6 Å². The summed E-state index contributed by atoms with van der Waals surface area (Å²) in [6, 6.07) is 0.529. The molecule has 0 aromatic carbocycles. The van der Waals surface area contributed by atoms with E-state index >= 15 is 0 Å². The highest BCUT2D eigenvalue weighted by Crippen LogP contribution is 2.30. The van der Waals surface area contributed by atoms with Crippen LogP contribution in [0.15, 0.2) is 12.4 Å². The van der Waals surface area contributed by atoms with Gasteiger partial charge in [0.25, 0.3) is 0 Å². The van der Waals surface area contributed by atoms with Crippen LogP contribution in [-0.4, -0.2) is 40.6 Å². The van der Waals surface area contributed by atoms with Gasteiger partial charge in [-0.1, -0.05) is 0 Å². The van der Waals surface area contributed by atoms with Gasteiger partial charge >= 0.3 is 6.01 Å². The molecular formula is C14H21N3O. The molecule has 0 unspecified atom stereocenters. The number of nitrogens with zero attached hydrogens (tertiary/aromatic N) is 3. The smallest absolute Gasteiger partial charge is 0.316 e. The van der Waals surface area contributed by atoms with Crippen molar-refractivity contribution in [1.82, 2.24) is 14.9 Å². The van der Waals surface area contributed by atoms with E-state index in [1.54, 1.807) is 0 Å². The lowest BCUT2D eigenvalue weighted by Gasteiger charge is -2.31. The van der Waals surface area contributed by atoms with Gasteiger partial charge in [0, 0.05) is 32.0 Å². The number of hydrogen-bond acceptors (Lipinski definition) is 4. The van der Waals surface area contributed by atoms with Gasteiger partial charge in [-0.2, -0.15) is 0 Å². The molecule has 2 heterocycles. The maximum absolute atomic E-state index is 5.83. The summed E-state index contributed by atoms with van der Waals surface area (Å²) in [7, 11) is 0. The fraction of sp³-hybridized carbons (Fsp3) is 0.714. The van der Waals surface area contributed by atoms with Crippen molar-refractivity contribution in [3.8, 4) is 6.01 Å². The van der Waals surface area contributed by atoms with Gasteiger partial charge in [0.1, 0.15) is 6.10 Å². The summed E-state index contributed by atoms with van der Waals surface area (Å²) in [4.78, 5) is 11.0. The Kier molecular flexibility index (Phi) is 3.46. The van der Waals surface area contributed by atoms with Crippen molar-refractivity contribution in [2.24, 2.45) is 5.92 Å². The number of piperidine rings is 1. The van der Waals surface area contributed by atoms with E-state index < -0.39 is 0 Å². The first kappa shape index (κ1) is 11.9. The lowest BCUT2D eigenvalue weighted by atomic mass is 10.1. The van der Waals surface area contributed by atoms with Crippen LogP contribution in [0.5, 0.6) is 6.01 Å². The van der Waals surface area contributed by atoms with Crippen LogP contribution in [0.4, 0.5) is 0 Å². The number of likely N-dealkylation sites (tertiary alicyclic amines) is 1. The molecule has 0 bridgehead atoms. The Labute approximate surface area is 108 Å². The molecule has 2 fully saturated rings. The lowest BCUT2D eigenvalue weighted by Crippen LogP contribution is -2.39. The second kappa shape index (κ2) is 5.22. The molecule has 0 amide bonds. The Bertz CT molecular complexity index is 381. The molecule has 1 aliphatic carbocycles. The van der Waals surface area contributed by atoms with Crippen LogP contribution in [0.1, 0.15) is 31.2 Å². The molecule has 1 aromatic rings. The van der Waals surface area contributed by atoms with E-state index in [1.165, 1.54) is 19.4 Å². The molecule has 2 aliphatic rings. The Balaban J connectivity index is 1.45. The van der Waals surface area contributed by atoms with Crippen molar-refractivity contribution >= 4 is 0 Å². The van der Waals surface area contributed by atoms with E-state index in [9.17, 15) is 0 Å². The summed E-state index contributed by atoms with van der Waals surface area (Å²) in [5, 5.41) is 0. The van der Waals surface area contributed by atoms with E-state index in [1.807, 2.05) is 19.3 Å². The van der Waals surface area contributed by atoms with Gasteiger partial charge in [0.05, 0.1) is 0 Å². The first-order valence-corrected chi connectivity index (χ1v) is 6.97. The molecule has 1 aromatic heterocycles. The van der Waals surface area contributed by atoms with Crippen LogP contribution >= 0.6 is 0 Å². The average molecular weight is 247 g/mol. The summed E-state index contributed by atoms with van der Waals surface area (Å²) in [6.07, 6.45) is 8.99. The molecule has 3 rings (SSSR count). The van der Waals surface area contributed by atoms with Gasteiger partial charge in [-0.05, 0) is 44.1 Å². The Morgan fingerprint density at radius 3 is 2.44 bits per heavy atom. The van der Waals surface area contributed by atoms with Crippen molar-refractivity contribution in [3.05, 3.63) is 18.0 Å². The van der Waals surface area contributed by atoms with Crippen LogP contribution in [-0.2, 0) is 0 Å². The normalized spacial score (nSPS) is 22.1. The molecular weight excluding hydrogens is 226 g/mol. The Hall–Kier alpha value is -1.16. The predicted octanol–water partition coefficient (Wildman–Crippen LogP) is 2.04. The van der Waals surface area contributed by atoms with Gasteiger partial charge in [-0.3, -0.25) is 0 Å². The highest BCUT2D eigenvalue weighted by atomic mass is 16.5. The van der Waals surface area contributed by atoms with Gasteiger partial charge < -0.3 is 9.64 Å². The number of rotatable bonds is 4. The zero-order chi connectivity index (χ0) is 12.4. The topological polar surface area (TPSA) is 38.2 Å². The van der Waals surface area contributed by atoms with Crippen LogP contribution in [0.2, 0.25) is 0 Å². The Morgan fingerprint density at radius 2 is 1.83 bits per heavy atom. The van der Waals surface area contributed by atoms with Crippen molar-refractivity contribution in [1.29, 1.82) is 0 Å². The molecule has 0 atom stereocenters. The largest absolute Gasteiger partial charge is 0.460 e. The second-order valence-electron chi connectivity index (χ2n) is 5.60. The highest BCUT2D eigenvalue weighted by molar-refractivity contribution is 5.04. The molecule has 1 saturated carbocycles. The summed E-state index contributed by atoms with van der Waals surface area (Å²) in [5.74, 6) is 0.989. The minimum absolute atomic E-state index is 0.295. The fourth-order valence-electron chi connectivity index (χ4n) is 2.47. The summed E-state index contributed by atoms with van der Waals surface area (Å²) < 4.78 is 5.83. The quantitative estimate of drug-likeness (QED) is 0.816. The zero-order valence-electron chi connectivity index (χ0n) is 11.0. The number of hydrogen-bond donors (Lipinski definition) is 0. The van der Waals surface area contributed by atoms with Crippen LogP contribution in [0.25, 0.3) is 0 Å². The van der Waals surface area contributed by atoms with Crippen LogP contribution in [0.3, 0.4) is 0 Å². The maximum Gasteiger partial charge on any atom is 0.316 e. The van der Waals surface area contributed by atoms with Crippen molar-refractivity contribution in [2.45, 2.75) is 38.7 Å². The molecule has 0 spiro atoms. The minimum atomic E-state index is 0.295. The molecule has 1 aliphatic heterocycles. The van der Waals surface area contributed by atoms with E-state index in [-0.39, 0.29) is 0 Å². The summed E-state index contributed by atoms with van der Waals surface area (Å²) in [5.41, 5.74) is 1.07. The van der Waals surface area contributed by atoms with Gasteiger partial charge in [-0.15, -0.1) is 0 Å². The first-order chi connectivity index (χ1) is 8.79. The SMILES string of the molecule is Cc1cnc(OC2CCN(CC3CC3)CC2)nc1. The molecule has 0 N–H and O–H groups in total. The molecule has 98 valence electrons. The zero-order valence-corrected chi connectivity index (χ0v) is 11.0. The van der Waals surface area contributed by atoms with Gasteiger partial charge in [0.2, 0.25) is 0 Å².